The molecule has 178 valence electrons. The second-order valence-corrected chi connectivity index (χ2v) is 10.0. The molecular weight excluding hydrogens is 432 g/mol. The molecule has 34 heavy (non-hydrogen) atoms. The molecule has 7 nitrogen and oxygen atoms in total. The van der Waals surface area contributed by atoms with Crippen LogP contribution in [0.15, 0.2) is 48.5 Å². The number of nitrogens with one attached hydrogen (secondary N) is 1. The van der Waals surface area contributed by atoms with E-state index in [2.05, 4.69) is 29.6 Å². The zero-order valence-corrected chi connectivity index (χ0v) is 19.5. The number of amides is 2. The van der Waals surface area contributed by atoms with Crippen molar-refractivity contribution in [3.05, 3.63) is 59.7 Å². The van der Waals surface area contributed by atoms with Crippen LogP contribution in [0.25, 0.3) is 11.1 Å². The first-order valence-electron chi connectivity index (χ1n) is 11.9. The summed E-state index contributed by atoms with van der Waals surface area (Å²) in [7, 11) is 0. The molecule has 2 aromatic carbocycles. The van der Waals surface area contributed by atoms with E-state index in [4.69, 9.17) is 4.74 Å². The summed E-state index contributed by atoms with van der Waals surface area (Å²) in [5.74, 6) is -1.53. The van der Waals surface area contributed by atoms with Crippen molar-refractivity contribution in [2.24, 2.45) is 17.8 Å². The smallest absolute Gasteiger partial charge is 0.408 e. The average molecular weight is 463 g/mol. The summed E-state index contributed by atoms with van der Waals surface area (Å²) in [5, 5.41) is 12.1. The number of benzene rings is 2. The Morgan fingerprint density at radius 2 is 1.62 bits per heavy atom. The number of carboxylic acid groups (broad SMARTS) is 1. The zero-order chi connectivity index (χ0) is 24.0. The Morgan fingerprint density at radius 1 is 1.06 bits per heavy atom. The minimum Gasteiger partial charge on any atom is -0.481 e. The lowest BCUT2D eigenvalue weighted by Gasteiger charge is -2.45. The highest BCUT2D eigenvalue weighted by molar-refractivity contribution is 5.91. The van der Waals surface area contributed by atoms with Crippen molar-refractivity contribution in [1.82, 2.24) is 10.2 Å². The average Bonchev–Trinajstić information content (AvgIpc) is 3.60. The minimum absolute atomic E-state index is 0.0466. The topological polar surface area (TPSA) is 95.9 Å². The Bertz CT molecular complexity index is 1090. The summed E-state index contributed by atoms with van der Waals surface area (Å²) < 4.78 is 5.69. The van der Waals surface area contributed by atoms with E-state index < -0.39 is 23.5 Å². The molecule has 7 heteroatoms. The summed E-state index contributed by atoms with van der Waals surface area (Å²) >= 11 is 0. The van der Waals surface area contributed by atoms with E-state index >= 15 is 0 Å². The predicted octanol–water partition coefficient (Wildman–Crippen LogP) is 3.87. The number of fused-ring (bicyclic) bond motifs is 3. The van der Waals surface area contributed by atoms with Crippen molar-refractivity contribution in [2.75, 3.05) is 19.7 Å². The van der Waals surface area contributed by atoms with Gasteiger partial charge in [0.05, 0.1) is 5.92 Å². The number of aliphatic carboxylic acids is 1. The molecule has 0 aromatic heterocycles. The molecule has 1 heterocycles. The molecule has 0 spiro atoms. The van der Waals surface area contributed by atoms with Crippen molar-refractivity contribution in [1.29, 1.82) is 0 Å². The van der Waals surface area contributed by atoms with Crippen LogP contribution in [-0.2, 0) is 14.3 Å². The van der Waals surface area contributed by atoms with E-state index in [9.17, 15) is 19.5 Å². The second-order valence-electron chi connectivity index (χ2n) is 10.0. The fourth-order valence-electron chi connectivity index (χ4n) is 5.36. The number of alkyl carbamates (subject to hydrolysis) is 1. The van der Waals surface area contributed by atoms with Gasteiger partial charge in [-0.2, -0.15) is 0 Å². The van der Waals surface area contributed by atoms with Crippen molar-refractivity contribution < 1.29 is 24.2 Å². The van der Waals surface area contributed by atoms with E-state index in [0.29, 0.717) is 13.1 Å². The first-order valence-corrected chi connectivity index (χ1v) is 11.9. The number of hydrogen-bond acceptors (Lipinski definition) is 4. The molecule has 5 rings (SSSR count). The fraction of sp³-hybridized carbons (Fsp3) is 0.444. The molecule has 1 saturated heterocycles. The van der Waals surface area contributed by atoms with Gasteiger partial charge >= 0.3 is 12.1 Å². The first-order chi connectivity index (χ1) is 16.3. The van der Waals surface area contributed by atoms with E-state index in [-0.39, 0.29) is 30.3 Å². The minimum atomic E-state index is -1.04. The number of carbonyl (C=O) groups is 3. The van der Waals surface area contributed by atoms with Crippen LogP contribution in [0.5, 0.6) is 0 Å². The van der Waals surface area contributed by atoms with Crippen LogP contribution in [0.4, 0.5) is 4.79 Å². The van der Waals surface area contributed by atoms with Crippen LogP contribution in [0.3, 0.4) is 0 Å². The second kappa shape index (κ2) is 8.46. The highest BCUT2D eigenvalue weighted by Crippen LogP contribution is 2.45. The van der Waals surface area contributed by atoms with Gasteiger partial charge in [-0.25, -0.2) is 4.79 Å². The monoisotopic (exact) mass is 462 g/mol. The highest BCUT2D eigenvalue weighted by Gasteiger charge is 2.52. The number of ether oxygens (including phenoxy) is 1. The largest absolute Gasteiger partial charge is 0.481 e. The predicted molar refractivity (Wildman–Crippen MR) is 126 cm³/mol. The summed E-state index contributed by atoms with van der Waals surface area (Å²) in [4.78, 5) is 39.1. The third-order valence-electron chi connectivity index (χ3n) is 7.84. The van der Waals surface area contributed by atoms with Gasteiger partial charge in [-0.05, 0) is 47.9 Å². The SMILES string of the molecule is CC(C(=O)O)C1CN(C(=O)C(C)(NC(=O)OCC2c3ccccc3-c3ccccc32)C2CC2)C1. The standard InChI is InChI=1S/C27H30N2O5/c1-16(24(30)31)17-13-29(14-17)25(32)27(2,18-11-12-18)28-26(33)34-15-23-21-9-5-3-7-19(21)20-8-4-6-10-22(20)23/h3-10,16-18,23H,11-15H2,1-2H3,(H,28,33)(H,30,31). The van der Waals surface area contributed by atoms with Crippen molar-refractivity contribution >= 4 is 18.0 Å². The van der Waals surface area contributed by atoms with Gasteiger partial charge in [0.1, 0.15) is 12.1 Å². The Kier molecular flexibility index (Phi) is 5.58. The van der Waals surface area contributed by atoms with Crippen LogP contribution in [0.2, 0.25) is 0 Å². The number of hydrogen-bond donors (Lipinski definition) is 2. The number of carboxylic acids is 1. The maximum Gasteiger partial charge on any atom is 0.408 e. The Morgan fingerprint density at radius 3 is 2.15 bits per heavy atom. The molecule has 2 amide bonds. The van der Waals surface area contributed by atoms with Gasteiger partial charge in [0.25, 0.3) is 0 Å². The van der Waals surface area contributed by atoms with Crippen LogP contribution < -0.4 is 5.32 Å². The van der Waals surface area contributed by atoms with Gasteiger partial charge in [0.15, 0.2) is 0 Å². The Labute approximate surface area is 199 Å². The van der Waals surface area contributed by atoms with Gasteiger partial charge in [0, 0.05) is 24.9 Å². The molecule has 0 bridgehead atoms. The molecular formula is C27H30N2O5. The molecule has 2 unspecified atom stereocenters. The zero-order valence-electron chi connectivity index (χ0n) is 19.5. The van der Waals surface area contributed by atoms with Gasteiger partial charge < -0.3 is 20.1 Å². The maximum absolute atomic E-state index is 13.3. The lowest BCUT2D eigenvalue weighted by Crippen LogP contribution is -2.65. The summed E-state index contributed by atoms with van der Waals surface area (Å²) in [6.07, 6.45) is 1.14. The number of nitrogens with zero attached hydrogens (tertiary/aromatic N) is 1. The summed E-state index contributed by atoms with van der Waals surface area (Å²) in [5.41, 5.74) is 3.55. The van der Waals surface area contributed by atoms with Crippen molar-refractivity contribution in [3.8, 4) is 11.1 Å². The fourth-order valence-corrected chi connectivity index (χ4v) is 5.36. The number of rotatable bonds is 7. The third-order valence-corrected chi connectivity index (χ3v) is 7.84. The van der Waals surface area contributed by atoms with Crippen molar-refractivity contribution in [3.63, 3.8) is 0 Å². The quantitative estimate of drug-likeness (QED) is 0.651. The molecule has 3 aliphatic rings. The van der Waals surface area contributed by atoms with Crippen LogP contribution in [0.1, 0.15) is 43.7 Å². The van der Waals surface area contributed by atoms with E-state index in [0.717, 1.165) is 35.1 Å². The molecule has 2 atom stereocenters. The van der Waals surface area contributed by atoms with Crippen LogP contribution in [0, 0.1) is 17.8 Å². The lowest BCUT2D eigenvalue weighted by molar-refractivity contribution is -0.153. The van der Waals surface area contributed by atoms with Crippen LogP contribution >= 0.6 is 0 Å². The van der Waals surface area contributed by atoms with Crippen LogP contribution in [-0.4, -0.2) is 53.2 Å². The van der Waals surface area contributed by atoms with E-state index in [1.165, 1.54) is 0 Å². The Balaban J connectivity index is 1.24. The summed E-state index contributed by atoms with van der Waals surface area (Å²) in [6.45, 7) is 4.44. The van der Waals surface area contributed by atoms with Gasteiger partial charge in [0.2, 0.25) is 5.91 Å². The van der Waals surface area contributed by atoms with Gasteiger partial charge in [-0.1, -0.05) is 55.5 Å². The molecule has 1 saturated carbocycles. The third kappa shape index (κ3) is 3.83. The Hall–Kier alpha value is -3.35. The normalized spacial score (nSPS) is 19.9. The van der Waals surface area contributed by atoms with E-state index in [1.54, 1.807) is 18.7 Å². The number of carbonyl (C=O) groups excluding carboxylic acids is 2. The maximum atomic E-state index is 13.3. The molecule has 2 N–H and O–H groups in total. The molecule has 2 aliphatic carbocycles. The molecule has 2 fully saturated rings. The first kappa shape index (κ1) is 22.4. The molecule has 2 aromatic rings. The highest BCUT2D eigenvalue weighted by atomic mass is 16.5. The summed E-state index contributed by atoms with van der Waals surface area (Å²) in [6, 6.07) is 16.3. The van der Waals surface area contributed by atoms with Crippen molar-refractivity contribution in [2.45, 2.75) is 38.1 Å². The van der Waals surface area contributed by atoms with Gasteiger partial charge in [-0.15, -0.1) is 0 Å². The van der Waals surface area contributed by atoms with E-state index in [1.807, 2.05) is 24.3 Å². The van der Waals surface area contributed by atoms with Gasteiger partial charge in [-0.3, -0.25) is 9.59 Å². The molecule has 0 radical (unpaired) electrons. The number of likely N-dealkylation sites (tertiary alicyclic amines) is 1. The molecule has 1 aliphatic heterocycles. The lowest BCUT2D eigenvalue weighted by atomic mass is 9.84.